The number of allylic oxidation sites excluding steroid dienone is 8. The van der Waals surface area contributed by atoms with Crippen LogP contribution >= 0.6 is 0 Å². The van der Waals surface area contributed by atoms with Crippen LogP contribution in [-0.2, 0) is 0 Å². The number of hydrogen-bond acceptors (Lipinski definition) is 0. The van der Waals surface area contributed by atoms with Crippen molar-refractivity contribution in [2.24, 2.45) is 0 Å². The predicted octanol–water partition coefficient (Wildman–Crippen LogP) is 4.57. The Bertz CT molecular complexity index is 228. The van der Waals surface area contributed by atoms with Gasteiger partial charge in [0.1, 0.15) is 0 Å². The Morgan fingerprint density at radius 1 is 0.500 bits per heavy atom. The van der Waals surface area contributed by atoms with Gasteiger partial charge in [-0.1, -0.05) is 55.0 Å². The minimum atomic E-state index is 1.06. The third-order valence-electron chi connectivity index (χ3n) is 2.29. The lowest BCUT2D eigenvalue weighted by Crippen LogP contribution is -1.75. The van der Waals surface area contributed by atoms with Crippen LogP contribution in [0, 0.1) is 0 Å². The quantitative estimate of drug-likeness (QED) is 0.489. The second-order valence-corrected chi connectivity index (χ2v) is 3.59. The Morgan fingerprint density at radius 3 is 2.07 bits per heavy atom. The molecule has 0 radical (unpaired) electrons. The van der Waals surface area contributed by atoms with E-state index in [1.54, 1.807) is 0 Å². The van der Waals surface area contributed by atoms with Crippen LogP contribution in [0.25, 0.3) is 0 Å². The number of rotatable bonds is 0. The molecule has 76 valence electrons. The monoisotopic (exact) mass is 188 g/mol. The summed E-state index contributed by atoms with van der Waals surface area (Å²) >= 11 is 0. The SMILES string of the molecule is C1=CCCCCC/C=C/C=C\C=C\C1. The third kappa shape index (κ3) is 6.47. The summed E-state index contributed by atoms with van der Waals surface area (Å²) in [5.41, 5.74) is 0. The van der Waals surface area contributed by atoms with Crippen LogP contribution in [-0.4, -0.2) is 0 Å². The molecule has 0 amide bonds. The van der Waals surface area contributed by atoms with Crippen LogP contribution in [0.15, 0.2) is 48.6 Å². The number of hydrogen-bond donors (Lipinski definition) is 0. The summed E-state index contributed by atoms with van der Waals surface area (Å²) in [7, 11) is 0. The van der Waals surface area contributed by atoms with Crippen molar-refractivity contribution in [3.8, 4) is 0 Å². The molecule has 0 atom stereocenters. The van der Waals surface area contributed by atoms with Gasteiger partial charge in [0.15, 0.2) is 0 Å². The van der Waals surface area contributed by atoms with E-state index >= 15 is 0 Å². The summed E-state index contributed by atoms with van der Waals surface area (Å²) in [6.07, 6.45) is 25.0. The summed E-state index contributed by atoms with van der Waals surface area (Å²) in [4.78, 5) is 0. The van der Waals surface area contributed by atoms with Crippen molar-refractivity contribution in [3.05, 3.63) is 48.6 Å². The Kier molecular flexibility index (Phi) is 6.74. The van der Waals surface area contributed by atoms with Crippen LogP contribution in [0.4, 0.5) is 0 Å². The van der Waals surface area contributed by atoms with Crippen LogP contribution in [0.3, 0.4) is 0 Å². The van der Waals surface area contributed by atoms with Gasteiger partial charge >= 0.3 is 0 Å². The second-order valence-electron chi connectivity index (χ2n) is 3.59. The molecule has 0 saturated heterocycles. The molecule has 0 N–H and O–H groups in total. The van der Waals surface area contributed by atoms with Gasteiger partial charge in [-0.3, -0.25) is 0 Å². The van der Waals surface area contributed by atoms with Gasteiger partial charge in [-0.15, -0.1) is 0 Å². The average molecular weight is 188 g/mol. The van der Waals surface area contributed by atoms with Gasteiger partial charge in [-0.2, -0.15) is 0 Å². The maximum Gasteiger partial charge on any atom is -0.0166 e. The van der Waals surface area contributed by atoms with Crippen LogP contribution in [0.2, 0.25) is 0 Å². The van der Waals surface area contributed by atoms with Crippen LogP contribution < -0.4 is 0 Å². The topological polar surface area (TPSA) is 0 Å². The molecule has 0 unspecified atom stereocenters. The van der Waals surface area contributed by atoms with Crippen molar-refractivity contribution in [3.63, 3.8) is 0 Å². The summed E-state index contributed by atoms with van der Waals surface area (Å²) in [6.45, 7) is 0. The molecular formula is C14H20. The minimum Gasteiger partial charge on any atom is -0.0882 e. The first-order valence-electron chi connectivity index (χ1n) is 5.63. The zero-order valence-corrected chi connectivity index (χ0v) is 8.86. The van der Waals surface area contributed by atoms with Crippen LogP contribution in [0.1, 0.15) is 38.5 Å². The van der Waals surface area contributed by atoms with Crippen molar-refractivity contribution < 1.29 is 0 Å². The molecule has 0 spiro atoms. The van der Waals surface area contributed by atoms with E-state index in [0.29, 0.717) is 0 Å². The fraction of sp³-hybridized carbons (Fsp3) is 0.429. The van der Waals surface area contributed by atoms with Crippen molar-refractivity contribution in [1.82, 2.24) is 0 Å². The summed E-state index contributed by atoms with van der Waals surface area (Å²) < 4.78 is 0. The standard InChI is InChI=1S/C14H20/c1-2-4-6-8-10-12-14-13-11-9-7-5-3-1/h1-6,9,11H,7-8,10,12-14H2/b2-1-,5-3+,6-4+,11-9?. The molecule has 0 aromatic rings. The molecule has 1 rings (SSSR count). The normalized spacial score (nSPS) is 26.3. The zero-order valence-electron chi connectivity index (χ0n) is 8.86. The third-order valence-corrected chi connectivity index (χ3v) is 2.29. The lowest BCUT2D eigenvalue weighted by atomic mass is 10.1. The van der Waals surface area contributed by atoms with Crippen molar-refractivity contribution in [2.45, 2.75) is 38.5 Å². The summed E-state index contributed by atoms with van der Waals surface area (Å²) in [6, 6.07) is 0. The first-order valence-corrected chi connectivity index (χ1v) is 5.63. The molecule has 1 aliphatic rings. The highest BCUT2D eigenvalue weighted by atomic mass is 13.9. The molecule has 0 aromatic heterocycles. The predicted molar refractivity (Wildman–Crippen MR) is 64.3 cm³/mol. The molecule has 0 nitrogen and oxygen atoms in total. The van der Waals surface area contributed by atoms with Gasteiger partial charge in [0.2, 0.25) is 0 Å². The van der Waals surface area contributed by atoms with Gasteiger partial charge in [0, 0.05) is 0 Å². The van der Waals surface area contributed by atoms with E-state index in [1.165, 1.54) is 32.1 Å². The van der Waals surface area contributed by atoms with E-state index in [0.717, 1.165) is 6.42 Å². The van der Waals surface area contributed by atoms with E-state index in [1.807, 2.05) is 0 Å². The van der Waals surface area contributed by atoms with Crippen LogP contribution in [0.5, 0.6) is 0 Å². The summed E-state index contributed by atoms with van der Waals surface area (Å²) in [5.74, 6) is 0. The smallest absolute Gasteiger partial charge is 0.0166 e. The Morgan fingerprint density at radius 2 is 1.21 bits per heavy atom. The van der Waals surface area contributed by atoms with Gasteiger partial charge in [0.25, 0.3) is 0 Å². The van der Waals surface area contributed by atoms with Gasteiger partial charge < -0.3 is 0 Å². The molecule has 0 saturated carbocycles. The first-order chi connectivity index (χ1) is 7.00. The molecule has 0 heteroatoms. The molecule has 0 fully saturated rings. The Balaban J connectivity index is 2.36. The van der Waals surface area contributed by atoms with Crippen molar-refractivity contribution >= 4 is 0 Å². The van der Waals surface area contributed by atoms with Gasteiger partial charge in [-0.25, -0.2) is 0 Å². The first kappa shape index (κ1) is 11.0. The van der Waals surface area contributed by atoms with Gasteiger partial charge in [0.05, 0.1) is 0 Å². The summed E-state index contributed by atoms with van der Waals surface area (Å²) in [5, 5.41) is 0. The highest BCUT2D eigenvalue weighted by molar-refractivity contribution is 5.11. The molecule has 14 heavy (non-hydrogen) atoms. The second kappa shape index (κ2) is 8.55. The van der Waals surface area contributed by atoms with Gasteiger partial charge in [-0.05, 0) is 32.1 Å². The van der Waals surface area contributed by atoms with E-state index < -0.39 is 0 Å². The molecular weight excluding hydrogens is 168 g/mol. The fourth-order valence-corrected chi connectivity index (χ4v) is 1.45. The highest BCUT2D eigenvalue weighted by Crippen LogP contribution is 2.05. The van der Waals surface area contributed by atoms with Crippen molar-refractivity contribution in [2.75, 3.05) is 0 Å². The average Bonchev–Trinajstić information content (AvgIpc) is 2.22. The largest absolute Gasteiger partial charge is 0.0882 e. The minimum absolute atomic E-state index is 1.06. The van der Waals surface area contributed by atoms with E-state index in [9.17, 15) is 0 Å². The fourth-order valence-electron chi connectivity index (χ4n) is 1.45. The molecule has 0 heterocycles. The maximum absolute atomic E-state index is 2.30. The Hall–Kier alpha value is -1.04. The lowest BCUT2D eigenvalue weighted by Gasteiger charge is -1.95. The Labute approximate surface area is 87.7 Å². The zero-order chi connectivity index (χ0) is 9.90. The van der Waals surface area contributed by atoms with Crippen molar-refractivity contribution in [1.29, 1.82) is 0 Å². The van der Waals surface area contributed by atoms with E-state index in [2.05, 4.69) is 48.6 Å². The molecule has 0 aromatic carbocycles. The molecule has 0 aliphatic heterocycles. The maximum atomic E-state index is 2.30. The highest BCUT2D eigenvalue weighted by Gasteiger charge is 1.85. The molecule has 1 aliphatic carbocycles. The molecule has 0 bridgehead atoms. The van der Waals surface area contributed by atoms with E-state index in [4.69, 9.17) is 0 Å². The van der Waals surface area contributed by atoms with E-state index in [-0.39, 0.29) is 0 Å². The lowest BCUT2D eigenvalue weighted by molar-refractivity contribution is 0.695.